The van der Waals surface area contributed by atoms with Crippen molar-refractivity contribution in [1.82, 2.24) is 5.32 Å². The van der Waals surface area contributed by atoms with Gasteiger partial charge in [-0.2, -0.15) is 0 Å². The molecule has 1 fully saturated rings. The van der Waals surface area contributed by atoms with Crippen LogP contribution < -0.4 is 14.8 Å². The normalized spacial score (nSPS) is 25.9. The Morgan fingerprint density at radius 1 is 1.38 bits per heavy atom. The first-order valence-electron chi connectivity index (χ1n) is 7.76. The Labute approximate surface area is 127 Å². The van der Waals surface area contributed by atoms with Gasteiger partial charge in [0.05, 0.1) is 13.7 Å². The Hall–Kier alpha value is -1.26. The summed E-state index contributed by atoms with van der Waals surface area (Å²) in [6, 6.07) is 8.06. The van der Waals surface area contributed by atoms with Crippen LogP contribution in [-0.2, 0) is 0 Å². The highest BCUT2D eigenvalue weighted by Crippen LogP contribution is 2.32. The Morgan fingerprint density at radius 2 is 2.14 bits per heavy atom. The van der Waals surface area contributed by atoms with Crippen molar-refractivity contribution in [2.75, 3.05) is 13.7 Å². The second-order valence-corrected chi connectivity index (χ2v) is 6.25. The molecule has 0 amide bonds. The van der Waals surface area contributed by atoms with E-state index >= 15 is 0 Å². The SMILES string of the molecule is COc1cccc(OC2CCCC(CO)(NC(C)C)C2)c1. The molecule has 4 heteroatoms. The van der Waals surface area contributed by atoms with Crippen LogP contribution in [0.2, 0.25) is 0 Å². The lowest BCUT2D eigenvalue weighted by Gasteiger charge is -2.41. The number of hydrogen-bond donors (Lipinski definition) is 2. The van der Waals surface area contributed by atoms with E-state index in [4.69, 9.17) is 9.47 Å². The first kappa shape index (κ1) is 16.1. The zero-order chi connectivity index (χ0) is 15.3. The Bertz CT molecular complexity index is 449. The minimum atomic E-state index is -0.212. The lowest BCUT2D eigenvalue weighted by Crippen LogP contribution is -2.55. The van der Waals surface area contributed by atoms with E-state index in [0.717, 1.165) is 37.2 Å². The molecule has 0 aromatic heterocycles. The summed E-state index contributed by atoms with van der Waals surface area (Å²) in [6.45, 7) is 4.39. The number of methoxy groups -OCH3 is 1. The zero-order valence-electron chi connectivity index (χ0n) is 13.3. The molecule has 21 heavy (non-hydrogen) atoms. The van der Waals surface area contributed by atoms with Gasteiger partial charge in [0.2, 0.25) is 0 Å². The van der Waals surface area contributed by atoms with Gasteiger partial charge in [0.25, 0.3) is 0 Å². The van der Waals surface area contributed by atoms with Crippen LogP contribution in [0.5, 0.6) is 11.5 Å². The highest BCUT2D eigenvalue weighted by molar-refractivity contribution is 5.33. The predicted octanol–water partition coefficient (Wildman–Crippen LogP) is 2.75. The Kier molecular flexibility index (Phi) is 5.48. The number of ether oxygens (including phenoxy) is 2. The lowest BCUT2D eigenvalue weighted by atomic mass is 9.80. The molecule has 0 aliphatic heterocycles. The van der Waals surface area contributed by atoms with Gasteiger partial charge in [-0.1, -0.05) is 19.9 Å². The molecule has 1 aliphatic rings. The molecule has 0 spiro atoms. The van der Waals surface area contributed by atoms with Crippen molar-refractivity contribution in [3.8, 4) is 11.5 Å². The van der Waals surface area contributed by atoms with E-state index in [-0.39, 0.29) is 18.2 Å². The maximum absolute atomic E-state index is 9.82. The van der Waals surface area contributed by atoms with Gasteiger partial charge in [0.1, 0.15) is 17.6 Å². The molecule has 1 aliphatic carbocycles. The van der Waals surface area contributed by atoms with Crippen LogP contribution in [0.25, 0.3) is 0 Å². The summed E-state index contributed by atoms with van der Waals surface area (Å²) in [4.78, 5) is 0. The van der Waals surface area contributed by atoms with E-state index in [1.807, 2.05) is 24.3 Å². The predicted molar refractivity (Wildman–Crippen MR) is 84.0 cm³/mol. The van der Waals surface area contributed by atoms with Crippen LogP contribution in [0.1, 0.15) is 39.5 Å². The lowest BCUT2D eigenvalue weighted by molar-refractivity contribution is 0.0460. The molecular weight excluding hydrogens is 266 g/mol. The zero-order valence-corrected chi connectivity index (χ0v) is 13.3. The fourth-order valence-electron chi connectivity index (χ4n) is 3.21. The van der Waals surface area contributed by atoms with Crippen molar-refractivity contribution in [3.63, 3.8) is 0 Å². The molecule has 0 radical (unpaired) electrons. The van der Waals surface area contributed by atoms with Crippen molar-refractivity contribution < 1.29 is 14.6 Å². The molecule has 1 aromatic rings. The summed E-state index contributed by atoms with van der Waals surface area (Å²) < 4.78 is 11.3. The Balaban J connectivity index is 2.03. The smallest absolute Gasteiger partial charge is 0.123 e. The third kappa shape index (κ3) is 4.35. The summed E-state index contributed by atoms with van der Waals surface area (Å²) in [5.74, 6) is 1.63. The molecule has 1 saturated carbocycles. The minimum absolute atomic E-state index is 0.129. The average molecular weight is 293 g/mol. The van der Waals surface area contributed by atoms with Crippen LogP contribution in [0.15, 0.2) is 24.3 Å². The second kappa shape index (κ2) is 7.14. The van der Waals surface area contributed by atoms with Crippen LogP contribution in [0.4, 0.5) is 0 Å². The first-order chi connectivity index (χ1) is 10.1. The van der Waals surface area contributed by atoms with E-state index in [1.54, 1.807) is 7.11 Å². The number of rotatable bonds is 6. The third-order valence-electron chi connectivity index (χ3n) is 4.04. The van der Waals surface area contributed by atoms with Crippen molar-refractivity contribution >= 4 is 0 Å². The van der Waals surface area contributed by atoms with E-state index in [1.165, 1.54) is 0 Å². The number of aliphatic hydroxyl groups excluding tert-OH is 1. The van der Waals surface area contributed by atoms with Gasteiger partial charge in [-0.3, -0.25) is 0 Å². The average Bonchev–Trinajstić information content (AvgIpc) is 2.47. The topological polar surface area (TPSA) is 50.7 Å². The minimum Gasteiger partial charge on any atom is -0.497 e. The highest BCUT2D eigenvalue weighted by Gasteiger charge is 2.37. The largest absolute Gasteiger partial charge is 0.497 e. The summed E-state index contributed by atoms with van der Waals surface area (Å²) >= 11 is 0. The van der Waals surface area contributed by atoms with Gasteiger partial charge in [0, 0.05) is 24.1 Å². The molecule has 0 heterocycles. The fraction of sp³-hybridized carbons (Fsp3) is 0.647. The van der Waals surface area contributed by atoms with Crippen LogP contribution >= 0.6 is 0 Å². The molecule has 0 bridgehead atoms. The second-order valence-electron chi connectivity index (χ2n) is 6.25. The van der Waals surface area contributed by atoms with Crippen molar-refractivity contribution in [3.05, 3.63) is 24.3 Å². The fourth-order valence-corrected chi connectivity index (χ4v) is 3.21. The summed E-state index contributed by atoms with van der Waals surface area (Å²) in [6.07, 6.45) is 4.05. The summed E-state index contributed by atoms with van der Waals surface area (Å²) in [5, 5.41) is 13.3. The van der Waals surface area contributed by atoms with Gasteiger partial charge < -0.3 is 19.9 Å². The number of nitrogens with one attached hydrogen (secondary N) is 1. The highest BCUT2D eigenvalue weighted by atomic mass is 16.5. The van der Waals surface area contributed by atoms with Gasteiger partial charge in [0.15, 0.2) is 0 Å². The van der Waals surface area contributed by atoms with E-state index < -0.39 is 0 Å². The van der Waals surface area contributed by atoms with E-state index in [2.05, 4.69) is 19.2 Å². The van der Waals surface area contributed by atoms with Gasteiger partial charge in [-0.25, -0.2) is 0 Å². The maximum atomic E-state index is 9.82. The van der Waals surface area contributed by atoms with Crippen LogP contribution in [-0.4, -0.2) is 36.5 Å². The third-order valence-corrected chi connectivity index (χ3v) is 4.04. The number of benzene rings is 1. The summed E-state index contributed by atoms with van der Waals surface area (Å²) in [7, 11) is 1.66. The van der Waals surface area contributed by atoms with Crippen molar-refractivity contribution in [2.24, 2.45) is 0 Å². The van der Waals surface area contributed by atoms with E-state index in [9.17, 15) is 5.11 Å². The molecule has 4 nitrogen and oxygen atoms in total. The van der Waals surface area contributed by atoms with Crippen LogP contribution in [0, 0.1) is 0 Å². The molecule has 2 rings (SSSR count). The molecule has 2 N–H and O–H groups in total. The molecule has 1 aromatic carbocycles. The maximum Gasteiger partial charge on any atom is 0.123 e. The standard InChI is InChI=1S/C17H27NO3/c1-13(2)18-17(12-19)9-5-8-16(11-17)21-15-7-4-6-14(10-15)20-3/h4,6-7,10,13,16,18-19H,5,8-9,11-12H2,1-3H3. The Morgan fingerprint density at radius 3 is 2.81 bits per heavy atom. The molecule has 0 saturated heterocycles. The first-order valence-corrected chi connectivity index (χ1v) is 7.76. The number of aliphatic hydroxyl groups is 1. The van der Waals surface area contributed by atoms with Gasteiger partial charge in [-0.05, 0) is 31.4 Å². The molecule has 118 valence electrons. The van der Waals surface area contributed by atoms with Crippen LogP contribution in [0.3, 0.4) is 0 Å². The van der Waals surface area contributed by atoms with Crippen molar-refractivity contribution in [1.29, 1.82) is 0 Å². The molecule has 2 unspecified atom stereocenters. The monoisotopic (exact) mass is 293 g/mol. The molecule has 2 atom stereocenters. The summed E-state index contributed by atoms with van der Waals surface area (Å²) in [5.41, 5.74) is -0.212. The quantitative estimate of drug-likeness (QED) is 0.847. The van der Waals surface area contributed by atoms with Crippen molar-refractivity contribution in [2.45, 2.75) is 57.2 Å². The van der Waals surface area contributed by atoms with E-state index in [0.29, 0.717) is 6.04 Å². The molecular formula is C17H27NO3. The van der Waals surface area contributed by atoms with Gasteiger partial charge >= 0.3 is 0 Å². The van der Waals surface area contributed by atoms with Gasteiger partial charge in [-0.15, -0.1) is 0 Å². The number of hydrogen-bond acceptors (Lipinski definition) is 4.